The first-order valence-corrected chi connectivity index (χ1v) is 9.78. The summed E-state index contributed by atoms with van der Waals surface area (Å²) in [7, 11) is 1.96. The zero-order chi connectivity index (χ0) is 17.2. The first-order chi connectivity index (χ1) is 12.2. The lowest BCUT2D eigenvalue weighted by molar-refractivity contribution is -0.144. The van der Waals surface area contributed by atoms with E-state index in [0.717, 1.165) is 63.9 Å². The molecular formula is C20H30N2O3. The first-order valence-electron chi connectivity index (χ1n) is 9.78. The molecule has 0 unspecified atom stereocenters. The number of amides is 1. The van der Waals surface area contributed by atoms with E-state index in [1.807, 2.05) is 24.1 Å². The molecule has 0 bridgehead atoms. The van der Waals surface area contributed by atoms with Crippen molar-refractivity contribution in [3.05, 3.63) is 24.2 Å². The predicted molar refractivity (Wildman–Crippen MR) is 94.9 cm³/mol. The fourth-order valence-electron chi connectivity index (χ4n) is 4.54. The second-order valence-corrected chi connectivity index (χ2v) is 8.16. The number of piperidine rings is 1. The Labute approximate surface area is 150 Å². The van der Waals surface area contributed by atoms with Crippen molar-refractivity contribution in [1.29, 1.82) is 0 Å². The van der Waals surface area contributed by atoms with Crippen LogP contribution >= 0.6 is 0 Å². The van der Waals surface area contributed by atoms with E-state index in [4.69, 9.17) is 9.15 Å². The number of hydrogen-bond donors (Lipinski definition) is 0. The van der Waals surface area contributed by atoms with E-state index in [0.29, 0.717) is 17.7 Å². The van der Waals surface area contributed by atoms with Gasteiger partial charge in [-0.25, -0.2) is 0 Å². The van der Waals surface area contributed by atoms with Gasteiger partial charge in [0.15, 0.2) is 0 Å². The van der Waals surface area contributed by atoms with Gasteiger partial charge in [0.1, 0.15) is 5.76 Å². The minimum atomic E-state index is 0.162. The van der Waals surface area contributed by atoms with Crippen LogP contribution in [0, 0.1) is 23.7 Å². The van der Waals surface area contributed by atoms with Crippen molar-refractivity contribution in [2.75, 3.05) is 39.9 Å². The molecule has 3 atom stereocenters. The summed E-state index contributed by atoms with van der Waals surface area (Å²) in [5.41, 5.74) is 0. The third-order valence-electron chi connectivity index (χ3n) is 6.20. The Kier molecular flexibility index (Phi) is 5.13. The van der Waals surface area contributed by atoms with E-state index >= 15 is 0 Å². The third-order valence-corrected chi connectivity index (χ3v) is 6.20. The number of carbonyl (C=O) groups is 1. The molecule has 138 valence electrons. The standard InChI is InChI=1S/C20H30N2O3/c1-21-11-16(14-24-13-15-4-5-15)18-6-8-22(9-7-19(18)20(21)23)12-17-3-2-10-25-17/h2-3,10,15-16,18-19H,4-9,11-14H2,1H3/t16-,18-,19-/m1/s1. The van der Waals surface area contributed by atoms with Crippen LogP contribution in [0.2, 0.25) is 0 Å². The molecular weight excluding hydrogens is 316 g/mol. The molecule has 5 nitrogen and oxygen atoms in total. The minimum absolute atomic E-state index is 0.162. The number of nitrogens with zero attached hydrogens (tertiary/aromatic N) is 2. The Morgan fingerprint density at radius 3 is 2.80 bits per heavy atom. The van der Waals surface area contributed by atoms with Crippen molar-refractivity contribution in [2.24, 2.45) is 23.7 Å². The number of furan rings is 1. The highest BCUT2D eigenvalue weighted by Crippen LogP contribution is 2.37. The molecule has 0 aromatic carbocycles. The van der Waals surface area contributed by atoms with Crippen molar-refractivity contribution >= 4 is 5.91 Å². The van der Waals surface area contributed by atoms with Crippen LogP contribution in [0.4, 0.5) is 0 Å². The first kappa shape index (κ1) is 17.1. The Morgan fingerprint density at radius 2 is 2.04 bits per heavy atom. The Balaban J connectivity index is 1.38. The summed E-state index contributed by atoms with van der Waals surface area (Å²) in [4.78, 5) is 17.1. The van der Waals surface area contributed by atoms with Crippen molar-refractivity contribution < 1.29 is 13.9 Å². The lowest BCUT2D eigenvalue weighted by Gasteiger charge is -2.41. The summed E-state index contributed by atoms with van der Waals surface area (Å²) >= 11 is 0. The van der Waals surface area contributed by atoms with Gasteiger partial charge >= 0.3 is 0 Å². The fraction of sp³-hybridized carbons (Fsp3) is 0.750. The highest BCUT2D eigenvalue weighted by atomic mass is 16.5. The quantitative estimate of drug-likeness (QED) is 0.794. The van der Waals surface area contributed by atoms with Crippen LogP contribution in [0.1, 0.15) is 31.4 Å². The molecule has 2 aliphatic heterocycles. The topological polar surface area (TPSA) is 45.9 Å². The molecule has 3 heterocycles. The molecule has 1 saturated carbocycles. The zero-order valence-corrected chi connectivity index (χ0v) is 15.2. The third kappa shape index (κ3) is 4.09. The van der Waals surface area contributed by atoms with Gasteiger partial charge in [0.05, 0.1) is 19.4 Å². The van der Waals surface area contributed by atoms with Gasteiger partial charge in [-0.1, -0.05) is 0 Å². The molecule has 5 heteroatoms. The molecule has 1 aromatic rings. The number of likely N-dealkylation sites (tertiary alicyclic amines) is 2. The van der Waals surface area contributed by atoms with Gasteiger partial charge in [0.2, 0.25) is 5.91 Å². The Hall–Kier alpha value is -1.33. The lowest BCUT2D eigenvalue weighted by atomic mass is 9.75. The molecule has 1 amide bonds. The summed E-state index contributed by atoms with van der Waals surface area (Å²) in [6, 6.07) is 3.98. The lowest BCUT2D eigenvalue weighted by Crippen LogP contribution is -2.50. The molecule has 3 fully saturated rings. The van der Waals surface area contributed by atoms with E-state index < -0.39 is 0 Å². The van der Waals surface area contributed by atoms with Crippen molar-refractivity contribution in [3.63, 3.8) is 0 Å². The van der Waals surface area contributed by atoms with E-state index in [2.05, 4.69) is 4.90 Å². The molecule has 25 heavy (non-hydrogen) atoms. The summed E-state index contributed by atoms with van der Waals surface area (Å²) in [5.74, 6) is 3.26. The van der Waals surface area contributed by atoms with Crippen molar-refractivity contribution in [2.45, 2.75) is 32.2 Å². The second-order valence-electron chi connectivity index (χ2n) is 8.16. The van der Waals surface area contributed by atoms with Crippen LogP contribution in [0.15, 0.2) is 22.8 Å². The maximum Gasteiger partial charge on any atom is 0.225 e. The summed E-state index contributed by atoms with van der Waals surface area (Å²) in [5, 5.41) is 0. The van der Waals surface area contributed by atoms with Gasteiger partial charge < -0.3 is 14.1 Å². The maximum absolute atomic E-state index is 12.7. The van der Waals surface area contributed by atoms with Crippen LogP contribution in [0.5, 0.6) is 0 Å². The van der Waals surface area contributed by atoms with Gasteiger partial charge in [0.25, 0.3) is 0 Å². The smallest absolute Gasteiger partial charge is 0.225 e. The summed E-state index contributed by atoms with van der Waals surface area (Å²) < 4.78 is 11.5. The minimum Gasteiger partial charge on any atom is -0.468 e. The van der Waals surface area contributed by atoms with Crippen molar-refractivity contribution in [3.8, 4) is 0 Å². The van der Waals surface area contributed by atoms with Gasteiger partial charge in [-0.2, -0.15) is 0 Å². The second kappa shape index (κ2) is 7.50. The summed E-state index contributed by atoms with van der Waals surface area (Å²) in [6.45, 7) is 5.43. The Morgan fingerprint density at radius 1 is 1.20 bits per heavy atom. The highest BCUT2D eigenvalue weighted by Gasteiger charge is 2.42. The summed E-state index contributed by atoms with van der Waals surface area (Å²) in [6.07, 6.45) is 6.43. The van der Waals surface area contributed by atoms with E-state index in [9.17, 15) is 4.79 Å². The number of rotatable bonds is 6. The average molecular weight is 346 g/mol. The molecule has 0 N–H and O–H groups in total. The van der Waals surface area contributed by atoms with Crippen LogP contribution in [0.25, 0.3) is 0 Å². The highest BCUT2D eigenvalue weighted by molar-refractivity contribution is 5.79. The van der Waals surface area contributed by atoms with E-state index in [1.54, 1.807) is 6.26 Å². The predicted octanol–water partition coefficient (Wildman–Crippen LogP) is 2.62. The van der Waals surface area contributed by atoms with Crippen LogP contribution in [-0.2, 0) is 16.1 Å². The number of hydrogen-bond acceptors (Lipinski definition) is 4. The number of ether oxygens (including phenoxy) is 1. The molecule has 2 saturated heterocycles. The normalized spacial score (nSPS) is 31.0. The molecule has 0 spiro atoms. The molecule has 1 aromatic heterocycles. The van der Waals surface area contributed by atoms with Gasteiger partial charge in [0, 0.05) is 32.0 Å². The SMILES string of the molecule is CN1C[C@H](COCC2CC2)[C@H]2CCN(Cc3ccco3)CC[C@H]2C1=O. The maximum atomic E-state index is 12.7. The van der Waals surface area contributed by atoms with Gasteiger partial charge in [-0.3, -0.25) is 9.69 Å². The number of carbonyl (C=O) groups excluding carboxylic acids is 1. The van der Waals surface area contributed by atoms with Crippen molar-refractivity contribution in [1.82, 2.24) is 9.80 Å². The van der Waals surface area contributed by atoms with E-state index in [-0.39, 0.29) is 5.92 Å². The number of fused-ring (bicyclic) bond motifs is 1. The zero-order valence-electron chi connectivity index (χ0n) is 15.2. The largest absolute Gasteiger partial charge is 0.468 e. The molecule has 4 rings (SSSR count). The van der Waals surface area contributed by atoms with Crippen LogP contribution < -0.4 is 0 Å². The molecule has 0 radical (unpaired) electrons. The van der Waals surface area contributed by atoms with E-state index in [1.165, 1.54) is 12.8 Å². The van der Waals surface area contributed by atoms with Gasteiger partial charge in [-0.15, -0.1) is 0 Å². The fourth-order valence-corrected chi connectivity index (χ4v) is 4.54. The monoisotopic (exact) mass is 346 g/mol. The molecule has 3 aliphatic rings. The average Bonchev–Trinajstić information content (AvgIpc) is 3.33. The Bertz CT molecular complexity index is 570. The van der Waals surface area contributed by atoms with Crippen LogP contribution in [-0.4, -0.2) is 55.6 Å². The van der Waals surface area contributed by atoms with Gasteiger partial charge in [-0.05, 0) is 62.7 Å². The molecule has 1 aliphatic carbocycles. The van der Waals surface area contributed by atoms with Crippen LogP contribution in [0.3, 0.4) is 0 Å².